The molecule has 1 aromatic rings. The van der Waals surface area contributed by atoms with Gasteiger partial charge in [-0.15, -0.1) is 0 Å². The smallest absolute Gasteiger partial charge is 0.323 e. The molecule has 2 heterocycles. The predicted octanol–water partition coefficient (Wildman–Crippen LogP) is -0.0889. The molecular formula is C12H20N6O2. The standard InChI is InChI=1S/C12H20N6O2/c1-3-20-12-15-10(13)14-11(16-12)17(2)8-9(19)18-6-4-5-7-18/h3-8H2,1-2H3,(H2,13,14,15,16). The van der Waals surface area contributed by atoms with Gasteiger partial charge in [-0.05, 0) is 19.8 Å². The fourth-order valence-electron chi connectivity index (χ4n) is 2.07. The van der Waals surface area contributed by atoms with E-state index in [9.17, 15) is 4.79 Å². The Balaban J connectivity index is 2.04. The number of rotatable bonds is 5. The second-order valence-electron chi connectivity index (χ2n) is 4.65. The van der Waals surface area contributed by atoms with Crippen molar-refractivity contribution in [1.29, 1.82) is 0 Å². The molecule has 2 N–H and O–H groups in total. The number of carbonyl (C=O) groups excluding carboxylic acids is 1. The molecule has 8 nitrogen and oxygen atoms in total. The van der Waals surface area contributed by atoms with Crippen LogP contribution in [0.2, 0.25) is 0 Å². The van der Waals surface area contributed by atoms with Gasteiger partial charge in [-0.3, -0.25) is 4.79 Å². The molecule has 1 aliphatic heterocycles. The van der Waals surface area contributed by atoms with Gasteiger partial charge in [0.1, 0.15) is 0 Å². The molecule has 1 aliphatic rings. The van der Waals surface area contributed by atoms with Crippen LogP contribution in [0.15, 0.2) is 0 Å². The zero-order chi connectivity index (χ0) is 14.5. The van der Waals surface area contributed by atoms with Crippen molar-refractivity contribution in [3.05, 3.63) is 0 Å². The number of anilines is 2. The van der Waals surface area contributed by atoms with E-state index in [2.05, 4.69) is 15.0 Å². The third kappa shape index (κ3) is 3.46. The van der Waals surface area contributed by atoms with E-state index in [4.69, 9.17) is 10.5 Å². The number of nitrogens with zero attached hydrogens (tertiary/aromatic N) is 5. The van der Waals surface area contributed by atoms with Crippen molar-refractivity contribution in [1.82, 2.24) is 19.9 Å². The topological polar surface area (TPSA) is 97.5 Å². The summed E-state index contributed by atoms with van der Waals surface area (Å²) in [4.78, 5) is 27.6. The van der Waals surface area contributed by atoms with Gasteiger partial charge in [0, 0.05) is 20.1 Å². The average Bonchev–Trinajstić information content (AvgIpc) is 2.92. The van der Waals surface area contributed by atoms with E-state index in [1.807, 2.05) is 11.8 Å². The fraction of sp³-hybridized carbons (Fsp3) is 0.667. The molecular weight excluding hydrogens is 260 g/mol. The first-order valence-electron chi connectivity index (χ1n) is 6.73. The van der Waals surface area contributed by atoms with Crippen LogP contribution in [0.4, 0.5) is 11.9 Å². The number of hydrogen-bond donors (Lipinski definition) is 1. The molecule has 20 heavy (non-hydrogen) atoms. The molecule has 0 aromatic carbocycles. The molecule has 2 rings (SSSR count). The van der Waals surface area contributed by atoms with Crippen LogP contribution in [0.1, 0.15) is 19.8 Å². The molecule has 1 aromatic heterocycles. The Morgan fingerprint density at radius 1 is 1.35 bits per heavy atom. The van der Waals surface area contributed by atoms with Gasteiger partial charge in [-0.1, -0.05) is 0 Å². The summed E-state index contributed by atoms with van der Waals surface area (Å²) in [5.41, 5.74) is 5.62. The van der Waals surface area contributed by atoms with Crippen molar-refractivity contribution in [2.45, 2.75) is 19.8 Å². The Hall–Kier alpha value is -2.12. The van der Waals surface area contributed by atoms with Crippen LogP contribution in [-0.2, 0) is 4.79 Å². The first-order valence-corrected chi connectivity index (χ1v) is 6.73. The van der Waals surface area contributed by atoms with E-state index in [1.54, 1.807) is 11.9 Å². The number of likely N-dealkylation sites (N-methyl/N-ethyl adjacent to an activating group) is 1. The molecule has 0 aliphatic carbocycles. The SMILES string of the molecule is CCOc1nc(N)nc(N(C)CC(=O)N2CCCC2)n1. The molecule has 110 valence electrons. The summed E-state index contributed by atoms with van der Waals surface area (Å²) in [6.45, 7) is 4.15. The number of ether oxygens (including phenoxy) is 1. The van der Waals surface area contributed by atoms with Gasteiger partial charge in [-0.25, -0.2) is 0 Å². The van der Waals surface area contributed by atoms with Crippen LogP contribution < -0.4 is 15.4 Å². The van der Waals surface area contributed by atoms with Crippen LogP contribution >= 0.6 is 0 Å². The maximum atomic E-state index is 12.1. The highest BCUT2D eigenvalue weighted by molar-refractivity contribution is 5.81. The highest BCUT2D eigenvalue weighted by Crippen LogP contribution is 2.13. The second kappa shape index (κ2) is 6.36. The summed E-state index contributed by atoms with van der Waals surface area (Å²) in [5, 5.41) is 0. The van der Waals surface area contributed by atoms with Crippen LogP contribution in [0.3, 0.4) is 0 Å². The maximum absolute atomic E-state index is 12.1. The molecule has 0 spiro atoms. The lowest BCUT2D eigenvalue weighted by atomic mass is 10.4. The lowest BCUT2D eigenvalue weighted by Gasteiger charge is -2.21. The van der Waals surface area contributed by atoms with Gasteiger partial charge < -0.3 is 20.3 Å². The minimum Gasteiger partial charge on any atom is -0.464 e. The zero-order valence-electron chi connectivity index (χ0n) is 11.9. The number of hydrogen-bond acceptors (Lipinski definition) is 7. The predicted molar refractivity (Wildman–Crippen MR) is 74.5 cm³/mol. The van der Waals surface area contributed by atoms with Gasteiger partial charge in [0.25, 0.3) is 0 Å². The lowest BCUT2D eigenvalue weighted by molar-refractivity contribution is -0.128. The molecule has 1 saturated heterocycles. The summed E-state index contributed by atoms with van der Waals surface area (Å²) in [6, 6.07) is 0.176. The average molecular weight is 280 g/mol. The third-order valence-electron chi connectivity index (χ3n) is 3.07. The van der Waals surface area contributed by atoms with Crippen LogP contribution in [0.25, 0.3) is 0 Å². The van der Waals surface area contributed by atoms with Gasteiger partial charge in [0.05, 0.1) is 13.2 Å². The Labute approximate surface area is 118 Å². The highest BCUT2D eigenvalue weighted by Gasteiger charge is 2.20. The van der Waals surface area contributed by atoms with Crippen LogP contribution in [0, 0.1) is 0 Å². The second-order valence-corrected chi connectivity index (χ2v) is 4.65. The zero-order valence-corrected chi connectivity index (χ0v) is 11.9. The Bertz CT molecular complexity index is 475. The number of nitrogen functional groups attached to an aromatic ring is 1. The fourth-order valence-corrected chi connectivity index (χ4v) is 2.07. The minimum atomic E-state index is 0.0712. The highest BCUT2D eigenvalue weighted by atomic mass is 16.5. The summed E-state index contributed by atoms with van der Waals surface area (Å²) in [7, 11) is 1.75. The minimum absolute atomic E-state index is 0.0712. The number of aromatic nitrogens is 3. The Morgan fingerprint density at radius 3 is 2.70 bits per heavy atom. The third-order valence-corrected chi connectivity index (χ3v) is 3.07. The Kier molecular flexibility index (Phi) is 4.54. The van der Waals surface area contributed by atoms with Gasteiger partial charge in [0.2, 0.25) is 17.8 Å². The summed E-state index contributed by atoms with van der Waals surface area (Å²) >= 11 is 0. The van der Waals surface area contributed by atoms with E-state index in [0.29, 0.717) is 12.6 Å². The lowest BCUT2D eigenvalue weighted by Crippen LogP contribution is -2.38. The van der Waals surface area contributed by atoms with Crippen molar-refractivity contribution < 1.29 is 9.53 Å². The first-order chi connectivity index (χ1) is 9.60. The number of nitrogens with two attached hydrogens (primary N) is 1. The van der Waals surface area contributed by atoms with Crippen LogP contribution in [0.5, 0.6) is 6.01 Å². The number of amides is 1. The molecule has 1 fully saturated rings. The van der Waals surface area contributed by atoms with Crippen molar-refractivity contribution in [3.8, 4) is 6.01 Å². The monoisotopic (exact) mass is 280 g/mol. The van der Waals surface area contributed by atoms with Gasteiger partial charge in [-0.2, -0.15) is 15.0 Å². The van der Waals surface area contributed by atoms with E-state index in [-0.39, 0.29) is 24.4 Å². The normalized spacial score (nSPS) is 14.4. The number of likely N-dealkylation sites (tertiary alicyclic amines) is 1. The largest absolute Gasteiger partial charge is 0.464 e. The Morgan fingerprint density at radius 2 is 2.05 bits per heavy atom. The maximum Gasteiger partial charge on any atom is 0.323 e. The first kappa shape index (κ1) is 14.3. The van der Waals surface area contributed by atoms with E-state index in [1.165, 1.54) is 0 Å². The van der Waals surface area contributed by atoms with E-state index in [0.717, 1.165) is 25.9 Å². The quantitative estimate of drug-likeness (QED) is 0.805. The summed E-state index contributed by atoms with van der Waals surface area (Å²) in [5.74, 6) is 0.495. The van der Waals surface area contributed by atoms with E-state index < -0.39 is 0 Å². The molecule has 8 heteroatoms. The van der Waals surface area contributed by atoms with Crippen molar-refractivity contribution in [2.24, 2.45) is 0 Å². The van der Waals surface area contributed by atoms with E-state index >= 15 is 0 Å². The van der Waals surface area contributed by atoms with Crippen molar-refractivity contribution in [3.63, 3.8) is 0 Å². The van der Waals surface area contributed by atoms with Gasteiger partial charge >= 0.3 is 6.01 Å². The van der Waals surface area contributed by atoms with Crippen molar-refractivity contribution >= 4 is 17.8 Å². The molecule has 0 saturated carbocycles. The molecule has 0 bridgehead atoms. The van der Waals surface area contributed by atoms with Gasteiger partial charge in [0.15, 0.2) is 0 Å². The van der Waals surface area contributed by atoms with Crippen LogP contribution in [-0.4, -0.2) is 59.0 Å². The molecule has 0 atom stereocenters. The summed E-state index contributed by atoms with van der Waals surface area (Å²) in [6.07, 6.45) is 2.14. The van der Waals surface area contributed by atoms with Crippen molar-refractivity contribution in [2.75, 3.05) is 43.9 Å². The molecule has 0 unspecified atom stereocenters. The number of carbonyl (C=O) groups is 1. The molecule has 1 amide bonds. The summed E-state index contributed by atoms with van der Waals surface area (Å²) < 4.78 is 5.22. The molecule has 0 radical (unpaired) electrons.